The summed E-state index contributed by atoms with van der Waals surface area (Å²) >= 11 is 0. The first-order chi connectivity index (χ1) is 6.42. The summed E-state index contributed by atoms with van der Waals surface area (Å²) in [6.07, 6.45) is -4.08. The van der Waals surface area contributed by atoms with Crippen LogP contribution in [0.2, 0.25) is 0 Å². The van der Waals surface area contributed by atoms with E-state index in [0.29, 0.717) is 17.7 Å². The molecule has 0 aromatic heterocycles. The SMILES string of the molecule is CCc1cc(OC(F)(F)F)ccc1N. The Labute approximate surface area is 79.5 Å². The van der Waals surface area contributed by atoms with Crippen molar-refractivity contribution in [2.24, 2.45) is 0 Å². The van der Waals surface area contributed by atoms with Crippen LogP contribution in [0.25, 0.3) is 0 Å². The second kappa shape index (κ2) is 3.77. The van der Waals surface area contributed by atoms with Crippen LogP contribution < -0.4 is 10.5 Å². The molecule has 0 aliphatic rings. The summed E-state index contributed by atoms with van der Waals surface area (Å²) in [5, 5.41) is 0. The molecule has 0 bridgehead atoms. The van der Waals surface area contributed by atoms with Crippen LogP contribution in [0, 0.1) is 0 Å². The van der Waals surface area contributed by atoms with Crippen LogP contribution in [0.1, 0.15) is 12.5 Å². The van der Waals surface area contributed by atoms with E-state index in [-0.39, 0.29) is 5.75 Å². The van der Waals surface area contributed by atoms with E-state index in [1.807, 2.05) is 6.92 Å². The maximum atomic E-state index is 11.8. The zero-order chi connectivity index (χ0) is 10.8. The average Bonchev–Trinajstić information content (AvgIpc) is 2.06. The Morgan fingerprint density at radius 1 is 1.36 bits per heavy atom. The van der Waals surface area contributed by atoms with Gasteiger partial charge < -0.3 is 10.5 Å². The molecule has 2 N–H and O–H groups in total. The third-order valence-corrected chi connectivity index (χ3v) is 1.73. The molecule has 5 heteroatoms. The van der Waals surface area contributed by atoms with Crippen molar-refractivity contribution in [3.63, 3.8) is 0 Å². The fourth-order valence-electron chi connectivity index (χ4n) is 1.09. The van der Waals surface area contributed by atoms with Gasteiger partial charge in [0.2, 0.25) is 0 Å². The molecular weight excluding hydrogens is 195 g/mol. The Kier molecular flexibility index (Phi) is 2.88. The summed E-state index contributed by atoms with van der Waals surface area (Å²) in [6, 6.07) is 3.89. The summed E-state index contributed by atoms with van der Waals surface area (Å²) in [6.45, 7) is 1.81. The smallest absolute Gasteiger partial charge is 0.406 e. The number of anilines is 1. The Morgan fingerprint density at radius 2 is 2.00 bits per heavy atom. The average molecular weight is 205 g/mol. The van der Waals surface area contributed by atoms with Gasteiger partial charge in [0.25, 0.3) is 0 Å². The van der Waals surface area contributed by atoms with Crippen LogP contribution in [-0.2, 0) is 6.42 Å². The quantitative estimate of drug-likeness (QED) is 0.753. The Balaban J connectivity index is 2.90. The van der Waals surface area contributed by atoms with Crippen LogP contribution in [0.4, 0.5) is 18.9 Å². The van der Waals surface area contributed by atoms with Crippen molar-refractivity contribution in [3.05, 3.63) is 23.8 Å². The molecule has 0 unspecified atom stereocenters. The highest BCUT2D eigenvalue weighted by Crippen LogP contribution is 2.26. The third-order valence-electron chi connectivity index (χ3n) is 1.73. The summed E-state index contributed by atoms with van der Waals surface area (Å²) in [4.78, 5) is 0. The summed E-state index contributed by atoms with van der Waals surface area (Å²) in [7, 11) is 0. The number of benzene rings is 1. The number of nitrogens with two attached hydrogens (primary N) is 1. The topological polar surface area (TPSA) is 35.2 Å². The molecule has 0 atom stereocenters. The van der Waals surface area contributed by atoms with Gasteiger partial charge in [-0.3, -0.25) is 0 Å². The zero-order valence-electron chi connectivity index (χ0n) is 7.56. The largest absolute Gasteiger partial charge is 0.573 e. The highest BCUT2D eigenvalue weighted by Gasteiger charge is 2.31. The van der Waals surface area contributed by atoms with Gasteiger partial charge in [0.05, 0.1) is 0 Å². The van der Waals surface area contributed by atoms with Crippen molar-refractivity contribution in [2.45, 2.75) is 19.7 Å². The first-order valence-electron chi connectivity index (χ1n) is 4.06. The lowest BCUT2D eigenvalue weighted by Crippen LogP contribution is -2.17. The van der Waals surface area contributed by atoms with Gasteiger partial charge >= 0.3 is 6.36 Å². The molecule has 1 aromatic rings. The molecule has 14 heavy (non-hydrogen) atoms. The Bertz CT molecular complexity index is 322. The predicted molar refractivity (Wildman–Crippen MR) is 46.9 cm³/mol. The van der Waals surface area contributed by atoms with Crippen molar-refractivity contribution in [2.75, 3.05) is 5.73 Å². The van der Waals surface area contributed by atoms with E-state index < -0.39 is 6.36 Å². The van der Waals surface area contributed by atoms with E-state index in [1.54, 1.807) is 0 Å². The molecule has 0 saturated carbocycles. The van der Waals surface area contributed by atoms with Gasteiger partial charge in [-0.25, -0.2) is 0 Å². The fourth-order valence-corrected chi connectivity index (χ4v) is 1.09. The minimum Gasteiger partial charge on any atom is -0.406 e. The number of halogens is 3. The first kappa shape index (κ1) is 10.7. The van der Waals surface area contributed by atoms with Gasteiger partial charge in [-0.05, 0) is 30.2 Å². The van der Waals surface area contributed by atoms with Crippen LogP contribution in [0.15, 0.2) is 18.2 Å². The predicted octanol–water partition coefficient (Wildman–Crippen LogP) is 2.73. The lowest BCUT2D eigenvalue weighted by Gasteiger charge is -2.10. The van der Waals surface area contributed by atoms with Gasteiger partial charge in [0, 0.05) is 5.69 Å². The monoisotopic (exact) mass is 205 g/mol. The van der Waals surface area contributed by atoms with Crippen molar-refractivity contribution in [1.29, 1.82) is 0 Å². The normalized spacial score (nSPS) is 11.4. The summed E-state index contributed by atoms with van der Waals surface area (Å²) in [5.74, 6) is -0.233. The lowest BCUT2D eigenvalue weighted by molar-refractivity contribution is -0.274. The molecule has 0 radical (unpaired) electrons. The van der Waals surface area contributed by atoms with Crippen molar-refractivity contribution in [3.8, 4) is 5.75 Å². The van der Waals surface area contributed by atoms with Crippen LogP contribution in [0.5, 0.6) is 5.75 Å². The molecule has 0 spiro atoms. The van der Waals surface area contributed by atoms with E-state index in [9.17, 15) is 13.2 Å². The second-order valence-electron chi connectivity index (χ2n) is 2.76. The molecule has 78 valence electrons. The number of aryl methyl sites for hydroxylation is 1. The van der Waals surface area contributed by atoms with Crippen molar-refractivity contribution < 1.29 is 17.9 Å². The number of hydrogen-bond donors (Lipinski definition) is 1. The van der Waals surface area contributed by atoms with Gasteiger partial charge in [-0.1, -0.05) is 6.92 Å². The van der Waals surface area contributed by atoms with Crippen molar-refractivity contribution in [1.82, 2.24) is 0 Å². The summed E-state index contributed by atoms with van der Waals surface area (Å²) < 4.78 is 39.2. The molecule has 1 rings (SSSR count). The molecule has 0 saturated heterocycles. The molecule has 2 nitrogen and oxygen atoms in total. The Hall–Kier alpha value is -1.39. The maximum Gasteiger partial charge on any atom is 0.573 e. The van der Waals surface area contributed by atoms with Crippen LogP contribution >= 0.6 is 0 Å². The van der Waals surface area contributed by atoms with E-state index in [4.69, 9.17) is 5.73 Å². The molecule has 0 aliphatic carbocycles. The molecule has 0 heterocycles. The van der Waals surface area contributed by atoms with Gasteiger partial charge in [0.1, 0.15) is 5.75 Å². The number of alkyl halides is 3. The number of nitrogen functional groups attached to an aromatic ring is 1. The van der Waals surface area contributed by atoms with Gasteiger partial charge in [0.15, 0.2) is 0 Å². The third kappa shape index (κ3) is 2.83. The minimum atomic E-state index is -4.65. The standard InChI is InChI=1S/C9H10F3NO/c1-2-6-5-7(3-4-8(6)13)14-9(10,11)12/h3-5H,2,13H2,1H3. The lowest BCUT2D eigenvalue weighted by atomic mass is 10.1. The highest BCUT2D eigenvalue weighted by atomic mass is 19.4. The second-order valence-corrected chi connectivity index (χ2v) is 2.76. The van der Waals surface area contributed by atoms with Gasteiger partial charge in [-0.15, -0.1) is 13.2 Å². The maximum absolute atomic E-state index is 11.8. The first-order valence-corrected chi connectivity index (χ1v) is 4.06. The number of hydrogen-bond acceptors (Lipinski definition) is 2. The number of ether oxygens (including phenoxy) is 1. The summed E-state index contributed by atoms with van der Waals surface area (Å²) in [5.41, 5.74) is 6.65. The van der Waals surface area contributed by atoms with E-state index in [0.717, 1.165) is 0 Å². The fraction of sp³-hybridized carbons (Fsp3) is 0.333. The molecule has 1 aromatic carbocycles. The van der Waals surface area contributed by atoms with E-state index >= 15 is 0 Å². The molecular formula is C9H10F3NO. The van der Waals surface area contributed by atoms with Crippen LogP contribution in [-0.4, -0.2) is 6.36 Å². The molecule has 0 amide bonds. The zero-order valence-corrected chi connectivity index (χ0v) is 7.56. The molecule has 0 fully saturated rings. The molecule has 0 aliphatic heterocycles. The Morgan fingerprint density at radius 3 is 2.50 bits per heavy atom. The number of rotatable bonds is 2. The van der Waals surface area contributed by atoms with Crippen LogP contribution in [0.3, 0.4) is 0 Å². The van der Waals surface area contributed by atoms with E-state index in [2.05, 4.69) is 4.74 Å². The van der Waals surface area contributed by atoms with Gasteiger partial charge in [-0.2, -0.15) is 0 Å². The van der Waals surface area contributed by atoms with Crippen molar-refractivity contribution >= 4 is 5.69 Å². The van der Waals surface area contributed by atoms with E-state index in [1.165, 1.54) is 18.2 Å². The highest BCUT2D eigenvalue weighted by molar-refractivity contribution is 5.50. The minimum absolute atomic E-state index is 0.233.